The van der Waals surface area contributed by atoms with Crippen LogP contribution in [0.4, 0.5) is 17.1 Å². The van der Waals surface area contributed by atoms with Crippen LogP contribution in [-0.2, 0) is 0 Å². The van der Waals surface area contributed by atoms with Gasteiger partial charge in [0, 0.05) is 36.9 Å². The van der Waals surface area contributed by atoms with Crippen molar-refractivity contribution in [3.8, 4) is 22.3 Å². The van der Waals surface area contributed by atoms with E-state index in [9.17, 15) is 0 Å². The van der Waals surface area contributed by atoms with Gasteiger partial charge >= 0.3 is 0 Å². The standard InChI is InChI=1S/C52H33NS/c1-2-10-34(11-3-1)35-20-26-40(27-21-35)53(49-18-9-14-39-32-51-48(33-47(39)49)45-16-6-7-19-50(45)54-51)41-28-22-37(23-29-41)43-17-8-13-38-25-30-44-42-15-5-4-12-36(42)24-31-46(44)52(38)43/h1-33H. The van der Waals surface area contributed by atoms with E-state index < -0.39 is 0 Å². The minimum atomic E-state index is 1.12. The summed E-state index contributed by atoms with van der Waals surface area (Å²) in [6.07, 6.45) is 0. The van der Waals surface area contributed by atoms with Gasteiger partial charge < -0.3 is 4.90 Å². The lowest BCUT2D eigenvalue weighted by Crippen LogP contribution is -2.10. The zero-order valence-electron chi connectivity index (χ0n) is 29.4. The molecule has 0 amide bonds. The van der Waals surface area contributed by atoms with Crippen LogP contribution in [-0.4, -0.2) is 0 Å². The second-order valence-electron chi connectivity index (χ2n) is 14.1. The summed E-state index contributed by atoms with van der Waals surface area (Å²) in [6.45, 7) is 0. The third-order valence-electron chi connectivity index (χ3n) is 11.0. The van der Waals surface area contributed by atoms with Crippen molar-refractivity contribution in [2.24, 2.45) is 0 Å². The van der Waals surface area contributed by atoms with Crippen LogP contribution in [0, 0.1) is 0 Å². The fourth-order valence-corrected chi connectivity index (χ4v) is 9.58. The SMILES string of the molecule is c1ccc(-c2ccc(N(c3ccc(-c4cccc5ccc6c7ccccc7ccc6c45)cc3)c3cccc4cc5sc6ccccc6c5cc34)cc2)cc1. The average Bonchev–Trinajstić information content (AvgIpc) is 3.61. The molecule has 0 aliphatic rings. The van der Waals surface area contributed by atoms with Crippen molar-refractivity contribution in [3.63, 3.8) is 0 Å². The third-order valence-corrected chi connectivity index (χ3v) is 12.2. The highest BCUT2D eigenvalue weighted by Crippen LogP contribution is 2.44. The van der Waals surface area contributed by atoms with Crippen molar-refractivity contribution < 1.29 is 0 Å². The molecule has 11 aromatic rings. The van der Waals surface area contributed by atoms with Crippen LogP contribution in [0.1, 0.15) is 0 Å². The molecular formula is C52H33NS. The fraction of sp³-hybridized carbons (Fsp3) is 0. The van der Waals surface area contributed by atoms with Crippen LogP contribution >= 0.6 is 11.3 Å². The van der Waals surface area contributed by atoms with Gasteiger partial charge in [0.2, 0.25) is 0 Å². The maximum absolute atomic E-state index is 2.42. The molecule has 54 heavy (non-hydrogen) atoms. The molecule has 0 fully saturated rings. The van der Waals surface area contributed by atoms with Crippen molar-refractivity contribution in [2.75, 3.05) is 4.90 Å². The summed E-state index contributed by atoms with van der Waals surface area (Å²) in [5.74, 6) is 0. The number of benzene rings is 10. The Morgan fingerprint density at radius 3 is 1.78 bits per heavy atom. The van der Waals surface area contributed by atoms with Gasteiger partial charge in [-0.05, 0) is 108 Å². The molecular weight excluding hydrogens is 671 g/mol. The smallest absolute Gasteiger partial charge is 0.0540 e. The molecule has 1 aromatic heterocycles. The van der Waals surface area contributed by atoms with Gasteiger partial charge in [0.05, 0.1) is 5.69 Å². The van der Waals surface area contributed by atoms with E-state index in [0.717, 1.165) is 17.1 Å². The predicted octanol–water partition coefficient (Wildman–Crippen LogP) is 15.5. The number of thiophene rings is 1. The Hall–Kier alpha value is -6.74. The molecule has 2 heteroatoms. The lowest BCUT2D eigenvalue weighted by Gasteiger charge is -2.27. The molecule has 1 nitrogen and oxygen atoms in total. The number of hydrogen-bond donors (Lipinski definition) is 0. The largest absolute Gasteiger partial charge is 0.310 e. The van der Waals surface area contributed by atoms with Crippen LogP contribution in [0.3, 0.4) is 0 Å². The van der Waals surface area contributed by atoms with E-state index >= 15 is 0 Å². The number of anilines is 3. The highest BCUT2D eigenvalue weighted by Gasteiger charge is 2.18. The zero-order chi connectivity index (χ0) is 35.6. The van der Waals surface area contributed by atoms with Gasteiger partial charge in [-0.15, -0.1) is 11.3 Å². The molecule has 0 saturated heterocycles. The first-order valence-electron chi connectivity index (χ1n) is 18.5. The maximum atomic E-state index is 2.42. The molecule has 1 heterocycles. The average molecular weight is 704 g/mol. The Bertz CT molecular complexity index is 3190. The Kier molecular flexibility index (Phi) is 7.11. The molecule has 0 aliphatic carbocycles. The first-order valence-corrected chi connectivity index (χ1v) is 19.3. The molecule has 10 aromatic carbocycles. The van der Waals surface area contributed by atoms with Crippen LogP contribution in [0.15, 0.2) is 200 Å². The lowest BCUT2D eigenvalue weighted by atomic mass is 9.91. The summed E-state index contributed by atoms with van der Waals surface area (Å²) in [5.41, 5.74) is 8.26. The van der Waals surface area contributed by atoms with Crippen molar-refractivity contribution in [1.82, 2.24) is 0 Å². The molecule has 0 spiro atoms. The van der Waals surface area contributed by atoms with Gasteiger partial charge in [0.25, 0.3) is 0 Å². The second-order valence-corrected chi connectivity index (χ2v) is 15.2. The highest BCUT2D eigenvalue weighted by molar-refractivity contribution is 7.25. The van der Waals surface area contributed by atoms with E-state index in [1.54, 1.807) is 0 Å². The quantitative estimate of drug-likeness (QED) is 0.161. The van der Waals surface area contributed by atoms with E-state index in [-0.39, 0.29) is 0 Å². The van der Waals surface area contributed by atoms with Gasteiger partial charge in [-0.3, -0.25) is 0 Å². The predicted molar refractivity (Wildman–Crippen MR) is 235 cm³/mol. The first kappa shape index (κ1) is 30.8. The van der Waals surface area contributed by atoms with Gasteiger partial charge in [0.15, 0.2) is 0 Å². The van der Waals surface area contributed by atoms with Crippen LogP contribution in [0.25, 0.3) is 85.5 Å². The van der Waals surface area contributed by atoms with E-state index in [1.165, 1.54) is 85.5 Å². The molecule has 0 saturated carbocycles. The number of fused-ring (bicyclic) bond motifs is 9. The zero-order valence-corrected chi connectivity index (χ0v) is 30.2. The number of nitrogens with zero attached hydrogens (tertiary/aromatic N) is 1. The summed E-state index contributed by atoms with van der Waals surface area (Å²) in [7, 11) is 0. The first-order chi connectivity index (χ1) is 26.8. The summed E-state index contributed by atoms with van der Waals surface area (Å²) in [4.78, 5) is 2.42. The number of hydrogen-bond acceptors (Lipinski definition) is 2. The van der Waals surface area contributed by atoms with Gasteiger partial charge in [-0.2, -0.15) is 0 Å². The normalized spacial score (nSPS) is 11.7. The molecule has 252 valence electrons. The van der Waals surface area contributed by atoms with E-state index in [4.69, 9.17) is 0 Å². The van der Waals surface area contributed by atoms with Crippen LogP contribution < -0.4 is 4.90 Å². The molecule has 0 bridgehead atoms. The monoisotopic (exact) mass is 703 g/mol. The van der Waals surface area contributed by atoms with Crippen molar-refractivity contribution in [3.05, 3.63) is 200 Å². The summed E-state index contributed by atoms with van der Waals surface area (Å²) >= 11 is 1.87. The van der Waals surface area contributed by atoms with Crippen molar-refractivity contribution in [2.45, 2.75) is 0 Å². The topological polar surface area (TPSA) is 3.24 Å². The molecule has 0 aliphatic heterocycles. The van der Waals surface area contributed by atoms with E-state index in [1.807, 2.05) is 11.3 Å². The maximum Gasteiger partial charge on any atom is 0.0540 e. The lowest BCUT2D eigenvalue weighted by molar-refractivity contribution is 1.30. The Morgan fingerprint density at radius 2 is 0.944 bits per heavy atom. The van der Waals surface area contributed by atoms with Crippen LogP contribution in [0.5, 0.6) is 0 Å². The van der Waals surface area contributed by atoms with E-state index in [2.05, 4.69) is 205 Å². The van der Waals surface area contributed by atoms with Crippen molar-refractivity contribution >= 4 is 91.7 Å². The summed E-state index contributed by atoms with van der Waals surface area (Å²) < 4.78 is 2.64. The summed E-state index contributed by atoms with van der Waals surface area (Å²) in [5, 5.41) is 12.8. The Balaban J connectivity index is 1.09. The minimum absolute atomic E-state index is 1.12. The molecule has 0 radical (unpaired) electrons. The Morgan fingerprint density at radius 1 is 0.315 bits per heavy atom. The summed E-state index contributed by atoms with van der Waals surface area (Å²) in [6, 6.07) is 73.5. The van der Waals surface area contributed by atoms with Gasteiger partial charge in [0.1, 0.15) is 0 Å². The molecule has 0 atom stereocenters. The van der Waals surface area contributed by atoms with Crippen LogP contribution in [0.2, 0.25) is 0 Å². The van der Waals surface area contributed by atoms with Crippen molar-refractivity contribution in [1.29, 1.82) is 0 Å². The molecule has 11 rings (SSSR count). The minimum Gasteiger partial charge on any atom is -0.310 e. The third kappa shape index (κ3) is 4.99. The van der Waals surface area contributed by atoms with E-state index in [0.29, 0.717) is 0 Å². The second kappa shape index (κ2) is 12.4. The molecule has 0 unspecified atom stereocenters. The highest BCUT2D eigenvalue weighted by atomic mass is 32.1. The number of rotatable bonds is 5. The fourth-order valence-electron chi connectivity index (χ4n) is 8.44. The van der Waals surface area contributed by atoms with Gasteiger partial charge in [-0.25, -0.2) is 0 Å². The molecule has 0 N–H and O–H groups in total. The van der Waals surface area contributed by atoms with Gasteiger partial charge in [-0.1, -0.05) is 152 Å². The Labute approximate surface area is 317 Å².